The Balaban J connectivity index is 1.90. The number of phenols is 1. The molecular weight excluding hydrogens is 500 g/mol. The van der Waals surface area contributed by atoms with Crippen LogP contribution in [0.25, 0.3) is 0 Å². The second-order valence-electron chi connectivity index (χ2n) is 8.67. The molecular formula is C27H35ClN2O7. The summed E-state index contributed by atoms with van der Waals surface area (Å²) in [6, 6.07) is 1.27. The molecule has 0 aliphatic carbocycles. The molecule has 0 aromatic heterocycles. The van der Waals surface area contributed by atoms with Crippen LogP contribution in [0, 0.1) is 0 Å². The van der Waals surface area contributed by atoms with Crippen LogP contribution in [-0.4, -0.2) is 67.3 Å². The number of nitrogens with zero attached hydrogens (tertiary/aromatic N) is 2. The fourth-order valence-electron chi connectivity index (χ4n) is 4.01. The van der Waals surface area contributed by atoms with Gasteiger partial charge in [-0.25, -0.2) is 4.79 Å². The van der Waals surface area contributed by atoms with Crippen LogP contribution in [0.15, 0.2) is 35.5 Å². The van der Waals surface area contributed by atoms with Gasteiger partial charge in [-0.05, 0) is 57.1 Å². The van der Waals surface area contributed by atoms with Crippen LogP contribution in [0.1, 0.15) is 61.4 Å². The van der Waals surface area contributed by atoms with Gasteiger partial charge in [0.1, 0.15) is 17.1 Å². The van der Waals surface area contributed by atoms with E-state index in [-0.39, 0.29) is 60.0 Å². The Kier molecular flexibility index (Phi) is 11.8. The number of halogens is 1. The summed E-state index contributed by atoms with van der Waals surface area (Å²) in [5.74, 6) is -0.998. The molecule has 0 unspecified atom stereocenters. The molecule has 9 nitrogen and oxygen atoms in total. The molecule has 1 aromatic carbocycles. The molecule has 1 saturated heterocycles. The van der Waals surface area contributed by atoms with E-state index in [0.29, 0.717) is 18.7 Å². The highest BCUT2D eigenvalue weighted by Gasteiger charge is 2.25. The van der Waals surface area contributed by atoms with Crippen molar-refractivity contribution in [1.29, 1.82) is 0 Å². The van der Waals surface area contributed by atoms with Crippen molar-refractivity contribution in [3.63, 3.8) is 0 Å². The van der Waals surface area contributed by atoms with E-state index in [1.54, 1.807) is 11.0 Å². The predicted octanol–water partition coefficient (Wildman–Crippen LogP) is 4.80. The van der Waals surface area contributed by atoms with Crippen LogP contribution in [0.3, 0.4) is 0 Å². The first kappa shape index (κ1) is 28.5. The summed E-state index contributed by atoms with van der Waals surface area (Å²) in [6.07, 6.45) is 12.9. The summed E-state index contributed by atoms with van der Waals surface area (Å²) in [5, 5.41) is 15.1. The monoisotopic (exact) mass is 534 g/mol. The predicted molar refractivity (Wildman–Crippen MR) is 140 cm³/mol. The summed E-state index contributed by atoms with van der Waals surface area (Å²) < 4.78 is 16.2. The van der Waals surface area contributed by atoms with Crippen molar-refractivity contribution in [2.75, 3.05) is 39.7 Å². The van der Waals surface area contributed by atoms with Crippen LogP contribution in [0.4, 0.5) is 0 Å². The first-order valence-electron chi connectivity index (χ1n) is 12.7. The van der Waals surface area contributed by atoms with E-state index < -0.39 is 5.97 Å². The standard InChI is InChI=1S/C27H35ClN2O7/c1-2-34-19-36-23-17-22(31)25-21(26(23)28)16-20(12-8-5-3-4-6-11-15-35-27(25)33)29-37-18-24(32)30-13-9-7-10-14-30/h4,6,8,12,17,31H,2-3,5,7,9-11,13-16,18-19H2,1H3. The Morgan fingerprint density at radius 3 is 2.70 bits per heavy atom. The van der Waals surface area contributed by atoms with E-state index in [9.17, 15) is 14.7 Å². The van der Waals surface area contributed by atoms with Gasteiger partial charge in [0, 0.05) is 32.2 Å². The molecule has 10 heteroatoms. The van der Waals surface area contributed by atoms with Crippen LogP contribution in [0.5, 0.6) is 11.5 Å². The number of ether oxygens (including phenoxy) is 3. The van der Waals surface area contributed by atoms with E-state index in [1.165, 1.54) is 6.07 Å². The number of amides is 1. The third-order valence-corrected chi connectivity index (χ3v) is 6.36. The zero-order valence-electron chi connectivity index (χ0n) is 21.2. The lowest BCUT2D eigenvalue weighted by Gasteiger charge is -2.26. The largest absolute Gasteiger partial charge is 0.507 e. The van der Waals surface area contributed by atoms with E-state index in [1.807, 2.05) is 25.2 Å². The van der Waals surface area contributed by atoms with Gasteiger partial charge in [-0.1, -0.05) is 35.0 Å². The fraction of sp³-hybridized carbons (Fsp3) is 0.519. The molecule has 2 aliphatic heterocycles. The quantitative estimate of drug-likeness (QED) is 0.176. The van der Waals surface area contributed by atoms with Crippen molar-refractivity contribution in [3.8, 4) is 11.5 Å². The maximum absolute atomic E-state index is 12.9. The maximum Gasteiger partial charge on any atom is 0.342 e. The van der Waals surface area contributed by atoms with Crippen LogP contribution in [-0.2, 0) is 25.5 Å². The average Bonchev–Trinajstić information content (AvgIpc) is 2.90. The minimum Gasteiger partial charge on any atom is -0.507 e. The number of carbonyl (C=O) groups is 2. The summed E-state index contributed by atoms with van der Waals surface area (Å²) in [6.45, 7) is 3.60. The lowest BCUT2D eigenvalue weighted by atomic mass is 9.99. The number of allylic oxidation sites excluding steroid dienone is 3. The molecule has 0 saturated carbocycles. The van der Waals surface area contributed by atoms with E-state index in [2.05, 4.69) is 5.16 Å². The van der Waals surface area contributed by atoms with Crippen molar-refractivity contribution >= 4 is 29.2 Å². The van der Waals surface area contributed by atoms with Crippen molar-refractivity contribution in [3.05, 3.63) is 46.5 Å². The van der Waals surface area contributed by atoms with Gasteiger partial charge in [-0.15, -0.1) is 0 Å². The maximum atomic E-state index is 12.9. The van der Waals surface area contributed by atoms with Crippen molar-refractivity contribution < 1.29 is 33.7 Å². The third kappa shape index (κ3) is 8.79. The van der Waals surface area contributed by atoms with E-state index >= 15 is 0 Å². The number of oxime groups is 1. The minimum atomic E-state index is -0.708. The number of piperidine rings is 1. The van der Waals surface area contributed by atoms with E-state index in [4.69, 9.17) is 30.6 Å². The Hall–Kier alpha value is -3.04. The summed E-state index contributed by atoms with van der Waals surface area (Å²) in [5.41, 5.74) is 0.630. The fourth-order valence-corrected chi connectivity index (χ4v) is 4.28. The van der Waals surface area contributed by atoms with Gasteiger partial charge in [-0.2, -0.15) is 0 Å². The van der Waals surface area contributed by atoms with Crippen molar-refractivity contribution in [2.45, 2.75) is 51.9 Å². The molecule has 0 spiro atoms. The SMILES string of the molecule is CCOCOc1cc(O)c2c(c1Cl)CC(=NOCC(=O)N1CCCCC1)C=CCCC=CCCOC2=O. The minimum absolute atomic E-state index is 0.0346. The number of fused-ring (bicyclic) bond motifs is 1. The number of phenolic OH excluding ortho intramolecular Hbond substituents is 1. The summed E-state index contributed by atoms with van der Waals surface area (Å²) >= 11 is 6.65. The number of hydrogen-bond acceptors (Lipinski definition) is 8. The molecule has 1 aromatic rings. The van der Waals surface area contributed by atoms with Gasteiger partial charge in [0.05, 0.1) is 17.3 Å². The van der Waals surface area contributed by atoms with Gasteiger partial charge >= 0.3 is 5.97 Å². The number of cyclic esters (lactones) is 1. The highest BCUT2D eigenvalue weighted by atomic mass is 35.5. The van der Waals surface area contributed by atoms with Gasteiger partial charge in [0.2, 0.25) is 0 Å². The molecule has 0 atom stereocenters. The Morgan fingerprint density at radius 1 is 1.16 bits per heavy atom. The number of esters is 1. The average molecular weight is 535 g/mol. The van der Waals surface area contributed by atoms with Gasteiger partial charge in [0.15, 0.2) is 13.4 Å². The molecule has 0 bridgehead atoms. The number of rotatable bonds is 7. The topological polar surface area (TPSA) is 107 Å². The molecule has 2 heterocycles. The zero-order chi connectivity index (χ0) is 26.5. The summed E-state index contributed by atoms with van der Waals surface area (Å²) in [7, 11) is 0. The molecule has 1 amide bonds. The van der Waals surface area contributed by atoms with E-state index in [0.717, 1.165) is 45.2 Å². The zero-order valence-corrected chi connectivity index (χ0v) is 22.0. The number of aromatic hydroxyl groups is 1. The molecule has 2 aliphatic rings. The highest BCUT2D eigenvalue weighted by Crippen LogP contribution is 2.38. The van der Waals surface area contributed by atoms with Crippen LogP contribution >= 0.6 is 11.6 Å². The lowest BCUT2D eigenvalue weighted by molar-refractivity contribution is -0.137. The molecule has 1 N–H and O–H groups in total. The molecule has 37 heavy (non-hydrogen) atoms. The highest BCUT2D eigenvalue weighted by molar-refractivity contribution is 6.33. The Labute approximate surface area is 222 Å². The van der Waals surface area contributed by atoms with Crippen molar-refractivity contribution in [1.82, 2.24) is 4.90 Å². The number of benzene rings is 1. The number of carbonyl (C=O) groups excluding carboxylic acids is 2. The Morgan fingerprint density at radius 2 is 1.92 bits per heavy atom. The van der Waals surface area contributed by atoms with Crippen LogP contribution < -0.4 is 4.74 Å². The summed E-state index contributed by atoms with van der Waals surface area (Å²) in [4.78, 5) is 32.6. The van der Waals surface area contributed by atoms with Gasteiger partial charge < -0.3 is 29.1 Å². The van der Waals surface area contributed by atoms with Crippen LogP contribution in [0.2, 0.25) is 5.02 Å². The molecule has 0 radical (unpaired) electrons. The first-order valence-corrected chi connectivity index (χ1v) is 13.1. The smallest absolute Gasteiger partial charge is 0.342 e. The molecule has 3 rings (SSSR count). The van der Waals surface area contributed by atoms with Crippen molar-refractivity contribution in [2.24, 2.45) is 5.16 Å². The second-order valence-corrected chi connectivity index (χ2v) is 9.04. The molecule has 202 valence electrons. The number of likely N-dealkylation sites (tertiary alicyclic amines) is 1. The third-order valence-electron chi connectivity index (χ3n) is 5.94. The van der Waals surface area contributed by atoms with Gasteiger partial charge in [0.25, 0.3) is 5.91 Å². The normalized spacial score (nSPS) is 18.2. The molecule has 1 fully saturated rings. The lowest BCUT2D eigenvalue weighted by Crippen LogP contribution is -2.37. The first-order chi connectivity index (χ1) is 18.0. The Bertz CT molecular complexity index is 1020. The van der Waals surface area contributed by atoms with Gasteiger partial charge in [-0.3, -0.25) is 4.79 Å². The second kappa shape index (κ2) is 15.3. The number of hydrogen-bond donors (Lipinski definition) is 1.